The minimum Gasteiger partial charge on any atom is -0.393 e. The van der Waals surface area contributed by atoms with Gasteiger partial charge in [-0.05, 0) is 50.0 Å². The minimum absolute atomic E-state index is 0.0624. The zero-order valence-corrected chi connectivity index (χ0v) is 14.7. The quantitative estimate of drug-likeness (QED) is 0.754. The van der Waals surface area contributed by atoms with Gasteiger partial charge in [-0.15, -0.1) is 0 Å². The summed E-state index contributed by atoms with van der Waals surface area (Å²) in [5.74, 6) is -0.222. The van der Waals surface area contributed by atoms with Gasteiger partial charge in [0.1, 0.15) is 5.82 Å². The number of aliphatic hydroxyl groups excluding tert-OH is 1. The molecule has 0 amide bonds. The van der Waals surface area contributed by atoms with Crippen LogP contribution in [0.3, 0.4) is 0 Å². The van der Waals surface area contributed by atoms with Crippen molar-refractivity contribution in [1.82, 2.24) is 20.0 Å². The Hall–Kier alpha value is -1.76. The van der Waals surface area contributed by atoms with Crippen molar-refractivity contribution in [3.8, 4) is 0 Å². The average Bonchev–Trinajstić information content (AvgIpc) is 3.02. The predicted octanol–water partition coefficient (Wildman–Crippen LogP) is 2.08. The third kappa shape index (κ3) is 5.11. The second kappa shape index (κ2) is 8.56. The number of likely N-dealkylation sites (tertiary alicyclic amines) is 1. The number of hydrogen-bond acceptors (Lipinski definition) is 4. The van der Waals surface area contributed by atoms with Gasteiger partial charge in [0.15, 0.2) is 0 Å². The number of aryl methyl sites for hydroxylation is 1. The predicted molar refractivity (Wildman–Crippen MR) is 95.8 cm³/mol. The number of rotatable bonds is 7. The standard InChI is InChI=1S/C19H27FN4O/c1-23-14-16(13-22-23)19(15-4-2-5-17(20)12-15)21-8-3-9-24-10-6-18(25)7-11-24/h2,4-5,12-14,18-19,21,25H,3,6-11H2,1H3. The van der Waals surface area contributed by atoms with E-state index in [1.165, 1.54) is 6.07 Å². The first kappa shape index (κ1) is 18.0. The summed E-state index contributed by atoms with van der Waals surface area (Å²) in [6.45, 7) is 3.80. The third-order valence-electron chi connectivity index (χ3n) is 4.80. The smallest absolute Gasteiger partial charge is 0.123 e. The average molecular weight is 346 g/mol. The normalized spacial score (nSPS) is 17.7. The summed E-state index contributed by atoms with van der Waals surface area (Å²) in [5, 5.41) is 17.4. The lowest BCUT2D eigenvalue weighted by Crippen LogP contribution is -2.37. The molecule has 2 aromatic rings. The molecular weight excluding hydrogens is 319 g/mol. The fraction of sp³-hybridized carbons (Fsp3) is 0.526. The van der Waals surface area contributed by atoms with Crippen molar-refractivity contribution in [2.24, 2.45) is 7.05 Å². The van der Waals surface area contributed by atoms with Crippen molar-refractivity contribution in [3.05, 3.63) is 53.6 Å². The molecule has 0 saturated carbocycles. The van der Waals surface area contributed by atoms with Crippen LogP contribution >= 0.6 is 0 Å². The Morgan fingerprint density at radius 3 is 2.80 bits per heavy atom. The van der Waals surface area contributed by atoms with Gasteiger partial charge in [-0.2, -0.15) is 5.10 Å². The van der Waals surface area contributed by atoms with Crippen molar-refractivity contribution >= 4 is 0 Å². The highest BCUT2D eigenvalue weighted by Crippen LogP contribution is 2.22. The molecule has 2 heterocycles. The molecule has 2 N–H and O–H groups in total. The molecule has 0 spiro atoms. The van der Waals surface area contributed by atoms with E-state index in [1.54, 1.807) is 16.8 Å². The molecule has 136 valence electrons. The second-order valence-electron chi connectivity index (χ2n) is 6.82. The first-order valence-electron chi connectivity index (χ1n) is 8.99. The number of halogens is 1. The molecule has 1 aromatic carbocycles. The SMILES string of the molecule is Cn1cc(C(NCCCN2CCC(O)CC2)c2cccc(F)c2)cn1. The van der Waals surface area contributed by atoms with E-state index in [0.29, 0.717) is 0 Å². The van der Waals surface area contributed by atoms with E-state index in [0.717, 1.165) is 56.6 Å². The van der Waals surface area contributed by atoms with E-state index in [2.05, 4.69) is 15.3 Å². The lowest BCUT2D eigenvalue weighted by atomic mass is 10.0. The number of aromatic nitrogens is 2. The number of aliphatic hydroxyl groups is 1. The summed E-state index contributed by atoms with van der Waals surface area (Å²) in [7, 11) is 1.89. The van der Waals surface area contributed by atoms with Crippen LogP contribution in [0.15, 0.2) is 36.7 Å². The largest absolute Gasteiger partial charge is 0.393 e. The molecule has 0 radical (unpaired) electrons. The Morgan fingerprint density at radius 2 is 2.12 bits per heavy atom. The van der Waals surface area contributed by atoms with Crippen molar-refractivity contribution in [3.63, 3.8) is 0 Å². The molecule has 25 heavy (non-hydrogen) atoms. The van der Waals surface area contributed by atoms with Crippen LogP contribution in [0.1, 0.15) is 36.4 Å². The molecule has 0 aliphatic carbocycles. The fourth-order valence-electron chi connectivity index (χ4n) is 3.40. The van der Waals surface area contributed by atoms with Gasteiger partial charge in [0.25, 0.3) is 0 Å². The fourth-order valence-corrected chi connectivity index (χ4v) is 3.40. The zero-order valence-electron chi connectivity index (χ0n) is 14.7. The summed E-state index contributed by atoms with van der Waals surface area (Å²) >= 11 is 0. The summed E-state index contributed by atoms with van der Waals surface area (Å²) in [6.07, 6.45) is 6.42. The summed E-state index contributed by atoms with van der Waals surface area (Å²) in [6, 6.07) is 6.67. The Kier molecular flexibility index (Phi) is 6.18. The minimum atomic E-state index is -0.222. The van der Waals surface area contributed by atoms with Crippen LogP contribution in [0.25, 0.3) is 0 Å². The van der Waals surface area contributed by atoms with Gasteiger partial charge in [0.05, 0.1) is 18.3 Å². The summed E-state index contributed by atoms with van der Waals surface area (Å²) < 4.78 is 15.4. The summed E-state index contributed by atoms with van der Waals surface area (Å²) in [5.41, 5.74) is 1.95. The van der Waals surface area contributed by atoms with Gasteiger partial charge in [0.2, 0.25) is 0 Å². The topological polar surface area (TPSA) is 53.3 Å². The van der Waals surface area contributed by atoms with Crippen LogP contribution in [0.4, 0.5) is 4.39 Å². The van der Waals surface area contributed by atoms with E-state index in [-0.39, 0.29) is 18.0 Å². The monoisotopic (exact) mass is 346 g/mol. The number of hydrogen-bond donors (Lipinski definition) is 2. The van der Waals surface area contributed by atoms with E-state index in [9.17, 15) is 9.50 Å². The van der Waals surface area contributed by atoms with Gasteiger partial charge in [-0.1, -0.05) is 12.1 Å². The molecule has 5 nitrogen and oxygen atoms in total. The Bertz CT molecular complexity index is 667. The molecule has 1 saturated heterocycles. The molecule has 1 unspecified atom stereocenters. The summed E-state index contributed by atoms with van der Waals surface area (Å²) in [4.78, 5) is 2.40. The van der Waals surface area contributed by atoms with E-state index < -0.39 is 0 Å². The van der Waals surface area contributed by atoms with E-state index in [1.807, 2.05) is 25.5 Å². The number of nitrogens with one attached hydrogen (secondary N) is 1. The van der Waals surface area contributed by atoms with Crippen LogP contribution in [0.2, 0.25) is 0 Å². The van der Waals surface area contributed by atoms with Crippen LogP contribution in [-0.4, -0.2) is 52.1 Å². The van der Waals surface area contributed by atoms with Crippen molar-refractivity contribution in [2.45, 2.75) is 31.4 Å². The van der Waals surface area contributed by atoms with Crippen molar-refractivity contribution in [2.75, 3.05) is 26.2 Å². The molecular formula is C19H27FN4O. The molecule has 1 aliphatic heterocycles. The molecule has 0 bridgehead atoms. The maximum Gasteiger partial charge on any atom is 0.123 e. The maximum absolute atomic E-state index is 13.6. The first-order valence-corrected chi connectivity index (χ1v) is 8.99. The van der Waals surface area contributed by atoms with Crippen LogP contribution in [-0.2, 0) is 7.05 Å². The number of piperidine rings is 1. The highest BCUT2D eigenvalue weighted by atomic mass is 19.1. The van der Waals surface area contributed by atoms with Crippen LogP contribution in [0.5, 0.6) is 0 Å². The highest BCUT2D eigenvalue weighted by Gasteiger charge is 2.18. The van der Waals surface area contributed by atoms with Gasteiger partial charge in [-0.25, -0.2) is 4.39 Å². The Morgan fingerprint density at radius 1 is 1.32 bits per heavy atom. The van der Waals surface area contributed by atoms with Gasteiger partial charge in [-0.3, -0.25) is 4.68 Å². The van der Waals surface area contributed by atoms with E-state index in [4.69, 9.17) is 0 Å². The van der Waals surface area contributed by atoms with Gasteiger partial charge < -0.3 is 15.3 Å². The van der Waals surface area contributed by atoms with Crippen LogP contribution in [0, 0.1) is 5.82 Å². The van der Waals surface area contributed by atoms with E-state index >= 15 is 0 Å². The molecule has 3 rings (SSSR count). The number of nitrogens with zero attached hydrogens (tertiary/aromatic N) is 3. The molecule has 1 atom stereocenters. The van der Waals surface area contributed by atoms with Crippen LogP contribution < -0.4 is 5.32 Å². The first-order chi connectivity index (χ1) is 12.1. The second-order valence-corrected chi connectivity index (χ2v) is 6.82. The molecule has 1 aliphatic rings. The molecule has 1 aromatic heterocycles. The maximum atomic E-state index is 13.6. The Labute approximate surface area is 148 Å². The lowest BCUT2D eigenvalue weighted by molar-refractivity contribution is 0.0820. The highest BCUT2D eigenvalue weighted by molar-refractivity contribution is 5.29. The van der Waals surface area contributed by atoms with Gasteiger partial charge >= 0.3 is 0 Å². The van der Waals surface area contributed by atoms with Crippen molar-refractivity contribution in [1.29, 1.82) is 0 Å². The lowest BCUT2D eigenvalue weighted by Gasteiger charge is -2.29. The van der Waals surface area contributed by atoms with Crippen molar-refractivity contribution < 1.29 is 9.50 Å². The zero-order chi connectivity index (χ0) is 17.6. The van der Waals surface area contributed by atoms with Gasteiger partial charge in [0, 0.05) is 31.9 Å². The Balaban J connectivity index is 1.57. The number of benzene rings is 1. The molecule has 6 heteroatoms. The third-order valence-corrected chi connectivity index (χ3v) is 4.80. The molecule has 1 fully saturated rings.